The SMILES string of the molecule is Cc1ccc(CNC(=O)/C(I)=C(\Br)I)cc1. The van der Waals surface area contributed by atoms with Crippen LogP contribution in [0.15, 0.2) is 30.3 Å². The molecule has 0 atom stereocenters. The summed E-state index contributed by atoms with van der Waals surface area (Å²) >= 11 is 7.36. The molecule has 0 saturated heterocycles. The van der Waals surface area contributed by atoms with E-state index in [9.17, 15) is 4.79 Å². The van der Waals surface area contributed by atoms with E-state index in [1.165, 1.54) is 5.56 Å². The number of nitrogens with one attached hydrogen (secondary N) is 1. The van der Waals surface area contributed by atoms with Gasteiger partial charge in [0.2, 0.25) is 0 Å². The largest absolute Gasteiger partial charge is 0.348 e. The van der Waals surface area contributed by atoms with Crippen molar-refractivity contribution in [2.24, 2.45) is 0 Å². The second kappa shape index (κ2) is 6.95. The van der Waals surface area contributed by atoms with E-state index >= 15 is 0 Å². The number of carbonyl (C=O) groups excluding carboxylic acids is 1. The zero-order valence-corrected chi connectivity index (χ0v) is 14.5. The third kappa shape index (κ3) is 4.70. The Morgan fingerprint density at radius 3 is 2.38 bits per heavy atom. The van der Waals surface area contributed by atoms with Crippen LogP contribution in [-0.2, 0) is 11.3 Å². The van der Waals surface area contributed by atoms with E-state index in [2.05, 4.69) is 43.8 Å². The number of halogens is 3. The standard InChI is InChI=1S/C11H10BrI2NO/c1-7-2-4-8(5-3-7)6-15-11(16)9(13)10(12)14/h2-5H,6H2,1H3,(H,15,16)/b10-9-. The van der Waals surface area contributed by atoms with Crippen molar-refractivity contribution >= 4 is 67.0 Å². The molecule has 0 bridgehead atoms. The van der Waals surface area contributed by atoms with E-state index in [4.69, 9.17) is 0 Å². The molecular formula is C11H10BrI2NO. The lowest BCUT2D eigenvalue weighted by atomic mass is 10.1. The average molecular weight is 506 g/mol. The van der Waals surface area contributed by atoms with Crippen molar-refractivity contribution < 1.29 is 4.79 Å². The van der Waals surface area contributed by atoms with Crippen LogP contribution in [0.25, 0.3) is 0 Å². The molecule has 0 aliphatic heterocycles. The van der Waals surface area contributed by atoms with Crippen LogP contribution < -0.4 is 5.32 Å². The van der Waals surface area contributed by atoms with E-state index in [-0.39, 0.29) is 5.91 Å². The maximum Gasteiger partial charge on any atom is 0.259 e. The van der Waals surface area contributed by atoms with E-state index in [1.54, 1.807) is 0 Å². The molecule has 2 nitrogen and oxygen atoms in total. The van der Waals surface area contributed by atoms with E-state index in [1.807, 2.05) is 53.8 Å². The first-order chi connectivity index (χ1) is 7.50. The Balaban J connectivity index is 2.56. The number of hydrogen-bond donors (Lipinski definition) is 1. The predicted octanol–water partition coefficient (Wildman–Crippen LogP) is 4.05. The van der Waals surface area contributed by atoms with Crippen LogP contribution >= 0.6 is 61.1 Å². The van der Waals surface area contributed by atoms with Crippen molar-refractivity contribution in [3.8, 4) is 0 Å². The zero-order chi connectivity index (χ0) is 12.1. The second-order valence-electron chi connectivity index (χ2n) is 3.24. The van der Waals surface area contributed by atoms with Gasteiger partial charge in [0.1, 0.15) is 0 Å². The van der Waals surface area contributed by atoms with Gasteiger partial charge in [0.25, 0.3) is 5.91 Å². The fourth-order valence-electron chi connectivity index (χ4n) is 1.05. The maximum absolute atomic E-state index is 11.6. The highest BCUT2D eigenvalue weighted by Gasteiger charge is 2.08. The smallest absolute Gasteiger partial charge is 0.259 e. The molecule has 0 radical (unpaired) electrons. The molecule has 0 aromatic heterocycles. The molecule has 0 spiro atoms. The Morgan fingerprint density at radius 2 is 1.88 bits per heavy atom. The lowest BCUT2D eigenvalue weighted by Gasteiger charge is -2.05. The molecule has 0 saturated carbocycles. The molecule has 1 N–H and O–H groups in total. The third-order valence-electron chi connectivity index (χ3n) is 1.94. The van der Waals surface area contributed by atoms with Gasteiger partial charge in [0.15, 0.2) is 0 Å². The molecule has 1 rings (SSSR count). The average Bonchev–Trinajstić information content (AvgIpc) is 2.26. The van der Waals surface area contributed by atoms with Gasteiger partial charge in [-0.3, -0.25) is 4.79 Å². The first kappa shape index (κ1) is 14.4. The lowest BCUT2D eigenvalue weighted by Crippen LogP contribution is -2.22. The van der Waals surface area contributed by atoms with Crippen molar-refractivity contribution in [3.05, 3.63) is 41.5 Å². The lowest BCUT2D eigenvalue weighted by molar-refractivity contribution is -0.116. The van der Waals surface area contributed by atoms with Crippen LogP contribution in [0.3, 0.4) is 0 Å². The van der Waals surface area contributed by atoms with Crippen LogP contribution in [0.2, 0.25) is 0 Å². The number of hydrogen-bond acceptors (Lipinski definition) is 1. The molecule has 0 aliphatic rings. The highest BCUT2D eigenvalue weighted by atomic mass is 127. The van der Waals surface area contributed by atoms with Crippen molar-refractivity contribution in [2.75, 3.05) is 0 Å². The zero-order valence-electron chi connectivity index (χ0n) is 8.56. The van der Waals surface area contributed by atoms with Gasteiger partial charge in [0.05, 0.1) is 6.07 Å². The summed E-state index contributed by atoms with van der Waals surface area (Å²) in [5.74, 6) is -0.0533. The van der Waals surface area contributed by atoms with Gasteiger partial charge in [-0.1, -0.05) is 29.8 Å². The minimum absolute atomic E-state index is 0.0533. The first-order valence-corrected chi connectivity index (χ1v) is 7.50. The molecule has 0 aliphatic carbocycles. The van der Waals surface area contributed by atoms with Crippen LogP contribution in [0.1, 0.15) is 11.1 Å². The molecule has 0 unspecified atom stereocenters. The van der Waals surface area contributed by atoms with Crippen molar-refractivity contribution in [1.82, 2.24) is 5.32 Å². The minimum atomic E-state index is -0.0533. The minimum Gasteiger partial charge on any atom is -0.348 e. The molecule has 86 valence electrons. The Hall–Kier alpha value is 0.370. The number of aryl methyl sites for hydroxylation is 1. The van der Waals surface area contributed by atoms with Gasteiger partial charge in [-0.05, 0) is 73.6 Å². The summed E-state index contributed by atoms with van der Waals surface area (Å²) in [6.45, 7) is 2.60. The Kier molecular flexibility index (Phi) is 6.27. The van der Waals surface area contributed by atoms with Crippen molar-refractivity contribution in [3.63, 3.8) is 0 Å². The quantitative estimate of drug-likeness (QED) is 0.487. The molecule has 16 heavy (non-hydrogen) atoms. The third-order valence-corrected chi connectivity index (χ3v) is 5.68. The second-order valence-corrected chi connectivity index (χ2v) is 7.68. The van der Waals surface area contributed by atoms with Crippen LogP contribution in [-0.4, -0.2) is 5.91 Å². The highest BCUT2D eigenvalue weighted by Crippen LogP contribution is 2.24. The summed E-state index contributed by atoms with van der Waals surface area (Å²) in [6.07, 6.45) is 0. The fourth-order valence-corrected chi connectivity index (χ4v) is 1.67. The van der Waals surface area contributed by atoms with Crippen LogP contribution in [0.4, 0.5) is 0 Å². The van der Waals surface area contributed by atoms with E-state index in [0.717, 1.165) is 8.05 Å². The number of carbonyl (C=O) groups is 1. The van der Waals surface area contributed by atoms with E-state index < -0.39 is 0 Å². The summed E-state index contributed by atoms with van der Waals surface area (Å²) in [7, 11) is 0. The topological polar surface area (TPSA) is 29.1 Å². The number of benzene rings is 1. The summed E-state index contributed by atoms with van der Waals surface area (Å²) in [6, 6.07) is 8.11. The van der Waals surface area contributed by atoms with Gasteiger partial charge < -0.3 is 5.32 Å². The van der Waals surface area contributed by atoms with Gasteiger partial charge >= 0.3 is 0 Å². The Bertz CT molecular complexity index is 410. The van der Waals surface area contributed by atoms with Gasteiger partial charge in [-0.15, -0.1) is 0 Å². The molecule has 1 aromatic carbocycles. The summed E-state index contributed by atoms with van der Waals surface area (Å²) in [4.78, 5) is 11.6. The molecule has 0 fully saturated rings. The normalized spacial score (nSPS) is 12.0. The van der Waals surface area contributed by atoms with Crippen molar-refractivity contribution in [2.45, 2.75) is 13.5 Å². The highest BCUT2D eigenvalue weighted by molar-refractivity contribution is 14.1. The molecule has 5 heteroatoms. The van der Waals surface area contributed by atoms with Crippen molar-refractivity contribution in [1.29, 1.82) is 0 Å². The Labute approximate surface area is 131 Å². The van der Waals surface area contributed by atoms with Gasteiger partial charge in [0, 0.05) is 6.54 Å². The molecule has 1 amide bonds. The van der Waals surface area contributed by atoms with Gasteiger partial charge in [-0.25, -0.2) is 0 Å². The summed E-state index contributed by atoms with van der Waals surface area (Å²) in [5.41, 5.74) is 2.33. The Morgan fingerprint density at radius 1 is 1.31 bits per heavy atom. The first-order valence-electron chi connectivity index (χ1n) is 4.55. The molecule has 1 aromatic rings. The summed E-state index contributed by atoms with van der Waals surface area (Å²) < 4.78 is 1.50. The number of amides is 1. The maximum atomic E-state index is 11.6. The number of rotatable bonds is 3. The monoisotopic (exact) mass is 505 g/mol. The summed E-state index contributed by atoms with van der Waals surface area (Å²) in [5, 5.41) is 2.86. The predicted molar refractivity (Wildman–Crippen MR) is 87.0 cm³/mol. The van der Waals surface area contributed by atoms with Gasteiger partial charge in [-0.2, -0.15) is 0 Å². The fraction of sp³-hybridized carbons (Fsp3) is 0.182. The van der Waals surface area contributed by atoms with E-state index in [0.29, 0.717) is 10.1 Å². The molecular weight excluding hydrogens is 496 g/mol. The van der Waals surface area contributed by atoms with Crippen LogP contribution in [0, 0.1) is 6.92 Å². The van der Waals surface area contributed by atoms with Crippen LogP contribution in [0.5, 0.6) is 0 Å². The molecule has 0 heterocycles.